The van der Waals surface area contributed by atoms with Crippen LogP contribution in [0.3, 0.4) is 0 Å². The number of hydrogen-bond donors (Lipinski definition) is 2. The Kier molecular flexibility index (Phi) is 3.27. The third kappa shape index (κ3) is 3.04. The summed E-state index contributed by atoms with van der Waals surface area (Å²) in [6.07, 6.45) is 0. The zero-order valence-corrected chi connectivity index (χ0v) is 8.56. The summed E-state index contributed by atoms with van der Waals surface area (Å²) in [5.41, 5.74) is 11.9. The maximum Gasteiger partial charge on any atom is 0.211 e. The molecule has 1 aromatic rings. The molecule has 1 heterocycles. The minimum Gasteiger partial charge on any atom is -0.369 e. The Bertz CT molecular complexity index is 351. The van der Waals surface area contributed by atoms with E-state index in [9.17, 15) is 0 Å². The average Bonchev–Trinajstić information content (AvgIpc) is 2.47. The van der Waals surface area contributed by atoms with Crippen molar-refractivity contribution in [1.29, 1.82) is 0 Å². The minimum absolute atomic E-state index is 0.0549. The van der Waals surface area contributed by atoms with Crippen molar-refractivity contribution in [2.24, 2.45) is 21.7 Å². The van der Waals surface area contributed by atoms with E-state index in [4.69, 9.17) is 23.1 Å². The first-order valence-corrected chi connectivity index (χ1v) is 4.73. The molecule has 0 saturated heterocycles. The number of halogens is 1. The molecule has 0 saturated carbocycles. The molecule has 0 amide bonds. The van der Waals surface area contributed by atoms with Crippen molar-refractivity contribution >= 4 is 34.6 Å². The van der Waals surface area contributed by atoms with Crippen molar-refractivity contribution in [2.45, 2.75) is 6.92 Å². The van der Waals surface area contributed by atoms with Crippen LogP contribution in [0.5, 0.6) is 0 Å². The molecule has 0 fully saturated rings. The van der Waals surface area contributed by atoms with Crippen LogP contribution in [-0.4, -0.2) is 11.7 Å². The van der Waals surface area contributed by atoms with Crippen LogP contribution in [0.4, 0.5) is 0 Å². The fourth-order valence-electron chi connectivity index (χ4n) is 0.690. The van der Waals surface area contributed by atoms with E-state index in [0.29, 0.717) is 4.34 Å². The van der Waals surface area contributed by atoms with Gasteiger partial charge in [0, 0.05) is 10.9 Å². The van der Waals surface area contributed by atoms with Crippen molar-refractivity contribution < 1.29 is 0 Å². The van der Waals surface area contributed by atoms with Crippen LogP contribution in [0.25, 0.3) is 0 Å². The Balaban J connectivity index is 2.85. The Hall–Kier alpha value is -1.07. The summed E-state index contributed by atoms with van der Waals surface area (Å²) in [6.45, 7) is 1.81. The van der Waals surface area contributed by atoms with Crippen LogP contribution in [0, 0.1) is 0 Å². The quantitative estimate of drug-likeness (QED) is 0.445. The van der Waals surface area contributed by atoms with Crippen LogP contribution in [0.1, 0.15) is 12.5 Å². The number of nitrogens with zero attached hydrogens (tertiary/aromatic N) is 2. The van der Waals surface area contributed by atoms with Gasteiger partial charge >= 0.3 is 0 Å². The molecule has 0 aliphatic carbocycles. The summed E-state index contributed by atoms with van der Waals surface area (Å²) in [6, 6.07) is 1.81. The molecule has 0 atom stereocenters. The van der Waals surface area contributed by atoms with Crippen molar-refractivity contribution in [3.8, 4) is 0 Å². The van der Waals surface area contributed by atoms with Gasteiger partial charge in [-0.05, 0) is 13.0 Å². The molecular formula is C7H9ClN4S. The van der Waals surface area contributed by atoms with Crippen LogP contribution in [-0.2, 0) is 0 Å². The van der Waals surface area contributed by atoms with Gasteiger partial charge in [0.1, 0.15) is 0 Å². The highest BCUT2D eigenvalue weighted by atomic mass is 35.5. The maximum atomic E-state index is 5.75. The SMILES string of the molecule is CC(=NN=C(N)N)c1csc(Cl)c1. The van der Waals surface area contributed by atoms with Crippen molar-refractivity contribution in [2.75, 3.05) is 0 Å². The molecule has 4 N–H and O–H groups in total. The lowest BCUT2D eigenvalue weighted by Gasteiger charge is -1.91. The van der Waals surface area contributed by atoms with E-state index in [1.807, 2.05) is 18.4 Å². The van der Waals surface area contributed by atoms with E-state index < -0.39 is 0 Å². The van der Waals surface area contributed by atoms with Crippen molar-refractivity contribution in [3.05, 3.63) is 21.3 Å². The first-order valence-electron chi connectivity index (χ1n) is 3.47. The molecule has 1 rings (SSSR count). The fourth-order valence-corrected chi connectivity index (χ4v) is 1.61. The highest BCUT2D eigenvalue weighted by Crippen LogP contribution is 2.20. The monoisotopic (exact) mass is 216 g/mol. The van der Waals surface area contributed by atoms with E-state index in [1.54, 1.807) is 0 Å². The Labute approximate surface area is 84.9 Å². The summed E-state index contributed by atoms with van der Waals surface area (Å²) in [5.74, 6) is -0.0549. The summed E-state index contributed by atoms with van der Waals surface area (Å²) in [4.78, 5) is 0. The molecule has 4 nitrogen and oxygen atoms in total. The second-order valence-corrected chi connectivity index (χ2v) is 3.89. The Morgan fingerprint density at radius 1 is 1.46 bits per heavy atom. The summed E-state index contributed by atoms with van der Waals surface area (Å²) < 4.78 is 0.717. The molecule has 0 unspecified atom stereocenters. The van der Waals surface area contributed by atoms with Crippen molar-refractivity contribution in [3.63, 3.8) is 0 Å². The van der Waals surface area contributed by atoms with Crippen LogP contribution >= 0.6 is 22.9 Å². The van der Waals surface area contributed by atoms with Crippen molar-refractivity contribution in [1.82, 2.24) is 0 Å². The van der Waals surface area contributed by atoms with E-state index in [-0.39, 0.29) is 5.96 Å². The standard InChI is InChI=1S/C7H9ClN4S/c1-4(11-12-7(9)10)5-2-6(8)13-3-5/h2-3H,1H3,(H4,9,10,12). The predicted octanol–water partition coefficient (Wildman–Crippen LogP) is 1.40. The van der Waals surface area contributed by atoms with E-state index in [0.717, 1.165) is 11.3 Å². The molecule has 1 aromatic heterocycles. The maximum absolute atomic E-state index is 5.75. The lowest BCUT2D eigenvalue weighted by atomic mass is 10.2. The molecule has 0 bridgehead atoms. The van der Waals surface area contributed by atoms with Crippen LogP contribution in [0.15, 0.2) is 21.6 Å². The second-order valence-electron chi connectivity index (χ2n) is 2.35. The second kappa shape index (κ2) is 4.25. The Morgan fingerprint density at radius 3 is 2.62 bits per heavy atom. The highest BCUT2D eigenvalue weighted by Gasteiger charge is 2.00. The van der Waals surface area contributed by atoms with Crippen LogP contribution < -0.4 is 11.5 Å². The molecule has 70 valence electrons. The normalized spacial score (nSPS) is 11.4. The average molecular weight is 217 g/mol. The number of guanidine groups is 1. The third-order valence-corrected chi connectivity index (χ3v) is 2.39. The first-order chi connectivity index (χ1) is 6.09. The van der Waals surface area contributed by atoms with Gasteiger partial charge < -0.3 is 11.5 Å². The fraction of sp³-hybridized carbons (Fsp3) is 0.143. The van der Waals surface area contributed by atoms with Crippen LogP contribution in [0.2, 0.25) is 4.34 Å². The number of thiophene rings is 1. The highest BCUT2D eigenvalue weighted by molar-refractivity contribution is 7.14. The number of rotatable bonds is 2. The summed E-state index contributed by atoms with van der Waals surface area (Å²) >= 11 is 7.19. The molecule has 0 radical (unpaired) electrons. The molecule has 6 heteroatoms. The van der Waals surface area contributed by atoms with Gasteiger partial charge in [0.25, 0.3) is 0 Å². The topological polar surface area (TPSA) is 76.8 Å². The first kappa shape index (κ1) is 10.0. The van der Waals surface area contributed by atoms with Gasteiger partial charge in [-0.3, -0.25) is 0 Å². The van der Waals surface area contributed by atoms with E-state index >= 15 is 0 Å². The Morgan fingerprint density at radius 2 is 2.15 bits per heavy atom. The largest absolute Gasteiger partial charge is 0.369 e. The minimum atomic E-state index is -0.0549. The van der Waals surface area contributed by atoms with Gasteiger partial charge in [0.2, 0.25) is 5.96 Å². The number of hydrogen-bond acceptors (Lipinski definition) is 3. The number of nitrogens with two attached hydrogens (primary N) is 2. The van der Waals surface area contributed by atoms with Gasteiger partial charge in [-0.25, -0.2) is 0 Å². The zero-order valence-electron chi connectivity index (χ0n) is 6.99. The molecule has 0 aliphatic heterocycles. The van der Waals surface area contributed by atoms with E-state index in [1.165, 1.54) is 11.3 Å². The lowest BCUT2D eigenvalue weighted by Crippen LogP contribution is -2.22. The third-order valence-electron chi connectivity index (χ3n) is 1.30. The molecule has 0 spiro atoms. The lowest BCUT2D eigenvalue weighted by molar-refractivity contribution is 1.20. The van der Waals surface area contributed by atoms with Gasteiger partial charge in [-0.15, -0.1) is 16.4 Å². The molecular weight excluding hydrogens is 208 g/mol. The van der Waals surface area contributed by atoms with Gasteiger partial charge in [-0.1, -0.05) is 11.6 Å². The molecule has 13 heavy (non-hydrogen) atoms. The molecule has 0 aliphatic rings. The smallest absolute Gasteiger partial charge is 0.211 e. The van der Waals surface area contributed by atoms with Gasteiger partial charge in [-0.2, -0.15) is 5.10 Å². The molecule has 0 aromatic carbocycles. The summed E-state index contributed by atoms with van der Waals surface area (Å²) in [7, 11) is 0. The van der Waals surface area contributed by atoms with E-state index in [2.05, 4.69) is 10.2 Å². The van der Waals surface area contributed by atoms with Gasteiger partial charge in [0.05, 0.1) is 10.0 Å². The summed E-state index contributed by atoms with van der Waals surface area (Å²) in [5, 5.41) is 9.23. The zero-order chi connectivity index (χ0) is 9.84. The predicted molar refractivity (Wildman–Crippen MR) is 57.3 cm³/mol. The van der Waals surface area contributed by atoms with Gasteiger partial charge in [0.15, 0.2) is 0 Å².